The first-order valence-corrected chi connectivity index (χ1v) is 8.91. The summed E-state index contributed by atoms with van der Waals surface area (Å²) < 4.78 is 23.0. The third kappa shape index (κ3) is 2.46. The van der Waals surface area contributed by atoms with Crippen molar-refractivity contribution in [2.75, 3.05) is 11.5 Å². The predicted molar refractivity (Wildman–Crippen MR) is 76.9 cm³/mol. The zero-order valence-corrected chi connectivity index (χ0v) is 12.2. The Balaban J connectivity index is 1.74. The van der Waals surface area contributed by atoms with E-state index in [2.05, 4.69) is 5.32 Å². The van der Waals surface area contributed by atoms with Crippen LogP contribution in [0, 0.1) is 5.92 Å². The summed E-state index contributed by atoms with van der Waals surface area (Å²) in [6.07, 6.45) is 3.42. The average molecular weight is 293 g/mol. The fourth-order valence-electron chi connectivity index (χ4n) is 3.11. The van der Waals surface area contributed by atoms with Gasteiger partial charge in [-0.05, 0) is 31.2 Å². The van der Waals surface area contributed by atoms with Gasteiger partial charge in [0.2, 0.25) is 5.91 Å². The Morgan fingerprint density at radius 2 is 1.90 bits per heavy atom. The topological polar surface area (TPSA) is 63.2 Å². The molecule has 1 atom stereocenters. The second-order valence-corrected chi connectivity index (χ2v) is 8.12. The number of hydrogen-bond acceptors (Lipinski definition) is 3. The van der Waals surface area contributed by atoms with Crippen molar-refractivity contribution in [2.24, 2.45) is 5.92 Å². The molecule has 108 valence electrons. The molecule has 1 N–H and O–H groups in total. The van der Waals surface area contributed by atoms with Crippen LogP contribution in [0.4, 0.5) is 0 Å². The number of benzene rings is 1. The minimum Gasteiger partial charge on any atom is -0.346 e. The lowest BCUT2D eigenvalue weighted by Crippen LogP contribution is -2.52. The first-order valence-electron chi connectivity index (χ1n) is 7.09. The van der Waals surface area contributed by atoms with E-state index in [0.29, 0.717) is 6.42 Å². The standard InChI is InChI=1S/C15H19NO3S/c17-14(12-7-10-20(18,19)11-12)16-15(8-4-9-15)13-5-2-1-3-6-13/h1-3,5-6,12H,4,7-11H2,(H,16,17). The molecule has 1 aromatic carbocycles. The molecule has 3 rings (SSSR count). The molecule has 5 heteroatoms. The van der Waals surface area contributed by atoms with Gasteiger partial charge in [0, 0.05) is 0 Å². The molecule has 1 unspecified atom stereocenters. The van der Waals surface area contributed by atoms with Crippen molar-refractivity contribution in [3.05, 3.63) is 35.9 Å². The number of carbonyl (C=O) groups excluding carboxylic acids is 1. The van der Waals surface area contributed by atoms with Crippen LogP contribution in [-0.4, -0.2) is 25.8 Å². The lowest BCUT2D eigenvalue weighted by atomic mass is 9.71. The smallest absolute Gasteiger partial charge is 0.224 e. The van der Waals surface area contributed by atoms with Crippen LogP contribution in [0.25, 0.3) is 0 Å². The second kappa shape index (κ2) is 4.88. The van der Waals surface area contributed by atoms with Gasteiger partial charge in [0.05, 0.1) is 23.0 Å². The molecule has 2 fully saturated rings. The van der Waals surface area contributed by atoms with Gasteiger partial charge in [-0.15, -0.1) is 0 Å². The molecule has 0 aromatic heterocycles. The van der Waals surface area contributed by atoms with Gasteiger partial charge < -0.3 is 5.32 Å². The maximum Gasteiger partial charge on any atom is 0.224 e. The number of sulfone groups is 1. The van der Waals surface area contributed by atoms with Crippen molar-refractivity contribution in [1.82, 2.24) is 5.32 Å². The number of hydrogen-bond donors (Lipinski definition) is 1. The summed E-state index contributed by atoms with van der Waals surface area (Å²) >= 11 is 0. The zero-order valence-electron chi connectivity index (χ0n) is 11.3. The molecule has 1 saturated heterocycles. The van der Waals surface area contributed by atoms with Gasteiger partial charge in [0.25, 0.3) is 0 Å². The van der Waals surface area contributed by atoms with E-state index < -0.39 is 9.84 Å². The molecule has 1 aliphatic heterocycles. The molecular weight excluding hydrogens is 274 g/mol. The summed E-state index contributed by atoms with van der Waals surface area (Å²) in [5.41, 5.74) is 0.852. The van der Waals surface area contributed by atoms with Gasteiger partial charge >= 0.3 is 0 Å². The normalized spacial score (nSPS) is 26.7. The van der Waals surface area contributed by atoms with Crippen LogP contribution in [0.15, 0.2) is 30.3 Å². The Morgan fingerprint density at radius 1 is 1.20 bits per heavy atom. The van der Waals surface area contributed by atoms with E-state index in [1.165, 1.54) is 0 Å². The molecular formula is C15H19NO3S. The van der Waals surface area contributed by atoms with Crippen LogP contribution in [-0.2, 0) is 20.2 Å². The van der Waals surface area contributed by atoms with E-state index >= 15 is 0 Å². The maximum absolute atomic E-state index is 12.3. The van der Waals surface area contributed by atoms with Gasteiger partial charge in [-0.1, -0.05) is 30.3 Å². The summed E-state index contributed by atoms with van der Waals surface area (Å²) in [4.78, 5) is 12.3. The molecule has 20 heavy (non-hydrogen) atoms. The van der Waals surface area contributed by atoms with Gasteiger partial charge in [-0.2, -0.15) is 0 Å². The van der Waals surface area contributed by atoms with Gasteiger partial charge in [0.15, 0.2) is 9.84 Å². The van der Waals surface area contributed by atoms with E-state index in [-0.39, 0.29) is 28.9 Å². The van der Waals surface area contributed by atoms with Crippen molar-refractivity contribution >= 4 is 15.7 Å². The molecule has 0 bridgehead atoms. The van der Waals surface area contributed by atoms with Crippen molar-refractivity contribution in [1.29, 1.82) is 0 Å². The number of nitrogens with one attached hydrogen (secondary N) is 1. The van der Waals surface area contributed by atoms with E-state index in [4.69, 9.17) is 0 Å². The van der Waals surface area contributed by atoms with Crippen LogP contribution in [0.1, 0.15) is 31.2 Å². The van der Waals surface area contributed by atoms with E-state index in [1.54, 1.807) is 0 Å². The quantitative estimate of drug-likeness (QED) is 0.921. The third-order valence-electron chi connectivity index (χ3n) is 4.50. The van der Waals surface area contributed by atoms with Gasteiger partial charge in [-0.25, -0.2) is 8.42 Å². The highest BCUT2D eigenvalue weighted by molar-refractivity contribution is 7.91. The highest BCUT2D eigenvalue weighted by atomic mass is 32.2. The molecule has 1 heterocycles. The first kappa shape index (κ1) is 13.6. The van der Waals surface area contributed by atoms with E-state index in [9.17, 15) is 13.2 Å². The molecule has 1 aliphatic carbocycles. The minimum absolute atomic E-state index is 0.00367. The summed E-state index contributed by atoms with van der Waals surface area (Å²) in [6.45, 7) is 0. The monoisotopic (exact) mass is 293 g/mol. The zero-order chi connectivity index (χ0) is 14.2. The Labute approximate surface area is 119 Å². The summed E-state index contributed by atoms with van der Waals surface area (Å²) in [7, 11) is -3.01. The van der Waals surface area contributed by atoms with Crippen LogP contribution in [0.3, 0.4) is 0 Å². The largest absolute Gasteiger partial charge is 0.346 e. The predicted octanol–water partition coefficient (Wildman–Crippen LogP) is 1.62. The Kier molecular flexibility index (Phi) is 3.32. The molecule has 1 saturated carbocycles. The number of amides is 1. The number of rotatable bonds is 3. The highest BCUT2D eigenvalue weighted by Crippen LogP contribution is 2.41. The Bertz CT molecular complexity index is 605. The molecule has 1 aromatic rings. The Morgan fingerprint density at radius 3 is 2.40 bits per heavy atom. The number of carbonyl (C=O) groups is 1. The van der Waals surface area contributed by atoms with E-state index in [0.717, 1.165) is 24.8 Å². The van der Waals surface area contributed by atoms with Crippen molar-refractivity contribution < 1.29 is 13.2 Å². The van der Waals surface area contributed by atoms with Crippen LogP contribution in [0.5, 0.6) is 0 Å². The summed E-state index contributed by atoms with van der Waals surface area (Å²) in [5.74, 6) is -0.330. The summed E-state index contributed by atoms with van der Waals surface area (Å²) in [6, 6.07) is 9.97. The fraction of sp³-hybridized carbons (Fsp3) is 0.533. The maximum atomic E-state index is 12.3. The molecule has 2 aliphatic rings. The molecule has 4 nitrogen and oxygen atoms in total. The third-order valence-corrected chi connectivity index (χ3v) is 6.27. The minimum atomic E-state index is -3.01. The average Bonchev–Trinajstić information content (AvgIpc) is 2.75. The van der Waals surface area contributed by atoms with Crippen LogP contribution < -0.4 is 5.32 Å². The van der Waals surface area contributed by atoms with Crippen LogP contribution >= 0.6 is 0 Å². The Hall–Kier alpha value is -1.36. The lowest BCUT2D eigenvalue weighted by Gasteiger charge is -2.43. The summed E-state index contributed by atoms with van der Waals surface area (Å²) in [5, 5.41) is 3.12. The highest BCUT2D eigenvalue weighted by Gasteiger charge is 2.42. The van der Waals surface area contributed by atoms with Crippen molar-refractivity contribution in [3.8, 4) is 0 Å². The SMILES string of the molecule is O=C(NC1(c2ccccc2)CCC1)C1CCS(=O)(=O)C1. The molecule has 0 radical (unpaired) electrons. The van der Waals surface area contributed by atoms with Gasteiger partial charge in [-0.3, -0.25) is 4.79 Å². The van der Waals surface area contributed by atoms with Crippen molar-refractivity contribution in [2.45, 2.75) is 31.2 Å². The van der Waals surface area contributed by atoms with Crippen LogP contribution in [0.2, 0.25) is 0 Å². The van der Waals surface area contributed by atoms with Gasteiger partial charge in [0.1, 0.15) is 0 Å². The second-order valence-electron chi connectivity index (χ2n) is 5.89. The lowest BCUT2D eigenvalue weighted by molar-refractivity contribution is -0.127. The first-order chi connectivity index (χ1) is 9.51. The molecule has 1 amide bonds. The van der Waals surface area contributed by atoms with Crippen molar-refractivity contribution in [3.63, 3.8) is 0 Å². The fourth-order valence-corrected chi connectivity index (χ4v) is 4.85. The van der Waals surface area contributed by atoms with E-state index in [1.807, 2.05) is 30.3 Å². The molecule has 0 spiro atoms.